The van der Waals surface area contributed by atoms with Gasteiger partial charge < -0.3 is 10.0 Å². The van der Waals surface area contributed by atoms with Gasteiger partial charge in [0.15, 0.2) is 0 Å². The summed E-state index contributed by atoms with van der Waals surface area (Å²) in [5.74, 6) is 0.773. The van der Waals surface area contributed by atoms with Crippen molar-refractivity contribution in [1.82, 2.24) is 4.90 Å². The summed E-state index contributed by atoms with van der Waals surface area (Å²) in [5, 5.41) is 8.78. The first-order valence-electron chi connectivity index (χ1n) is 5.59. The van der Waals surface area contributed by atoms with Gasteiger partial charge in [0, 0.05) is 19.2 Å². The van der Waals surface area contributed by atoms with Gasteiger partial charge in [0.05, 0.1) is 0 Å². The van der Waals surface area contributed by atoms with Crippen molar-refractivity contribution in [3.8, 4) is 0 Å². The lowest BCUT2D eigenvalue weighted by Gasteiger charge is -2.25. The van der Waals surface area contributed by atoms with Crippen LogP contribution in [-0.4, -0.2) is 35.7 Å². The van der Waals surface area contributed by atoms with Gasteiger partial charge in [-0.3, -0.25) is 0 Å². The van der Waals surface area contributed by atoms with E-state index in [9.17, 15) is 0 Å². The number of hydrogen-bond acceptors (Lipinski definition) is 2. The standard InChI is InChI=1S/C11H23NO/c1-10(2)9-12-7-3-5-11(12)6-4-8-13/h10-11,13H,3-9H2,1-2H3. The number of aliphatic hydroxyl groups excluding tert-OH is 1. The summed E-state index contributed by atoms with van der Waals surface area (Å²) in [4.78, 5) is 2.60. The van der Waals surface area contributed by atoms with Crippen molar-refractivity contribution < 1.29 is 5.11 Å². The van der Waals surface area contributed by atoms with Gasteiger partial charge in [-0.25, -0.2) is 0 Å². The fraction of sp³-hybridized carbons (Fsp3) is 1.00. The van der Waals surface area contributed by atoms with Crippen molar-refractivity contribution in [3.05, 3.63) is 0 Å². The topological polar surface area (TPSA) is 23.5 Å². The molecule has 0 aromatic carbocycles. The molecule has 1 heterocycles. The van der Waals surface area contributed by atoms with Crippen LogP contribution in [0.3, 0.4) is 0 Å². The zero-order valence-corrected chi connectivity index (χ0v) is 9.00. The van der Waals surface area contributed by atoms with E-state index in [2.05, 4.69) is 18.7 Å². The minimum Gasteiger partial charge on any atom is -0.396 e. The van der Waals surface area contributed by atoms with Crippen LogP contribution >= 0.6 is 0 Å². The SMILES string of the molecule is CC(C)CN1CCCC1CCCO. The van der Waals surface area contributed by atoms with Crippen LogP contribution in [0.15, 0.2) is 0 Å². The fourth-order valence-corrected chi connectivity index (χ4v) is 2.26. The fourth-order valence-electron chi connectivity index (χ4n) is 2.26. The Morgan fingerprint density at radius 1 is 1.46 bits per heavy atom. The molecule has 78 valence electrons. The third-order valence-corrected chi connectivity index (χ3v) is 2.79. The molecule has 1 fully saturated rings. The smallest absolute Gasteiger partial charge is 0.0431 e. The van der Waals surface area contributed by atoms with Crippen molar-refractivity contribution >= 4 is 0 Å². The minimum atomic E-state index is 0.353. The highest BCUT2D eigenvalue weighted by molar-refractivity contribution is 4.79. The van der Waals surface area contributed by atoms with Crippen LogP contribution in [-0.2, 0) is 0 Å². The average Bonchev–Trinajstić information content (AvgIpc) is 2.48. The van der Waals surface area contributed by atoms with Gasteiger partial charge in [-0.15, -0.1) is 0 Å². The van der Waals surface area contributed by atoms with Gasteiger partial charge in [0.1, 0.15) is 0 Å². The summed E-state index contributed by atoms with van der Waals surface area (Å²) in [5.41, 5.74) is 0. The van der Waals surface area contributed by atoms with Crippen molar-refractivity contribution in [2.24, 2.45) is 5.92 Å². The van der Waals surface area contributed by atoms with Crippen LogP contribution in [0.4, 0.5) is 0 Å². The molecule has 1 saturated heterocycles. The molecule has 2 heteroatoms. The van der Waals surface area contributed by atoms with E-state index >= 15 is 0 Å². The molecular weight excluding hydrogens is 162 g/mol. The normalized spacial score (nSPS) is 24.5. The summed E-state index contributed by atoms with van der Waals surface area (Å²) in [7, 11) is 0. The molecule has 0 aliphatic carbocycles. The number of rotatable bonds is 5. The molecule has 1 aliphatic rings. The maximum atomic E-state index is 8.78. The lowest BCUT2D eigenvalue weighted by Crippen LogP contribution is -2.32. The van der Waals surface area contributed by atoms with Crippen molar-refractivity contribution in [1.29, 1.82) is 0 Å². The molecular formula is C11H23NO. The van der Waals surface area contributed by atoms with Crippen LogP contribution in [0.25, 0.3) is 0 Å². The molecule has 1 N–H and O–H groups in total. The molecule has 2 nitrogen and oxygen atoms in total. The minimum absolute atomic E-state index is 0.353. The van der Waals surface area contributed by atoms with Crippen LogP contribution in [0.1, 0.15) is 39.5 Å². The predicted molar refractivity (Wildman–Crippen MR) is 55.8 cm³/mol. The molecule has 13 heavy (non-hydrogen) atoms. The zero-order valence-electron chi connectivity index (χ0n) is 9.00. The lowest BCUT2D eigenvalue weighted by molar-refractivity contribution is 0.199. The highest BCUT2D eigenvalue weighted by atomic mass is 16.2. The van der Waals surface area contributed by atoms with Crippen LogP contribution in [0.5, 0.6) is 0 Å². The average molecular weight is 185 g/mol. The Kier molecular flexibility index (Phi) is 4.74. The van der Waals surface area contributed by atoms with Crippen molar-refractivity contribution in [2.45, 2.75) is 45.6 Å². The maximum absolute atomic E-state index is 8.78. The summed E-state index contributed by atoms with van der Waals surface area (Å²) in [6, 6.07) is 0.759. The molecule has 1 atom stereocenters. The Morgan fingerprint density at radius 3 is 2.85 bits per heavy atom. The Hall–Kier alpha value is -0.0800. The monoisotopic (exact) mass is 185 g/mol. The first kappa shape index (κ1) is 11.0. The molecule has 0 bridgehead atoms. The number of hydrogen-bond donors (Lipinski definition) is 1. The first-order valence-corrected chi connectivity index (χ1v) is 5.59. The van der Waals surface area contributed by atoms with Crippen LogP contribution in [0.2, 0.25) is 0 Å². The predicted octanol–water partition coefficient (Wildman–Crippen LogP) is 1.88. The quantitative estimate of drug-likeness (QED) is 0.707. The van der Waals surface area contributed by atoms with E-state index in [0.717, 1.165) is 18.4 Å². The zero-order chi connectivity index (χ0) is 9.68. The molecule has 1 aliphatic heterocycles. The van der Waals surface area contributed by atoms with Gasteiger partial charge in [-0.2, -0.15) is 0 Å². The van der Waals surface area contributed by atoms with Crippen LogP contribution in [0, 0.1) is 5.92 Å². The molecule has 1 rings (SSSR count). The second kappa shape index (κ2) is 5.61. The summed E-state index contributed by atoms with van der Waals surface area (Å²) >= 11 is 0. The molecule has 1 unspecified atom stereocenters. The Bertz CT molecular complexity index is 136. The Balaban J connectivity index is 2.26. The first-order chi connectivity index (χ1) is 6.24. The highest BCUT2D eigenvalue weighted by Gasteiger charge is 2.23. The number of likely N-dealkylation sites (tertiary alicyclic amines) is 1. The summed E-state index contributed by atoms with van der Waals surface area (Å²) in [6.07, 6.45) is 4.85. The van der Waals surface area contributed by atoms with E-state index in [1.54, 1.807) is 0 Å². The van der Waals surface area contributed by atoms with Gasteiger partial charge in [0.25, 0.3) is 0 Å². The Labute approximate surface area is 81.9 Å². The maximum Gasteiger partial charge on any atom is 0.0431 e. The molecule has 0 aromatic heterocycles. The molecule has 0 radical (unpaired) electrons. The van der Waals surface area contributed by atoms with Gasteiger partial charge in [-0.1, -0.05) is 13.8 Å². The second-order valence-corrected chi connectivity index (χ2v) is 4.55. The highest BCUT2D eigenvalue weighted by Crippen LogP contribution is 2.21. The van der Waals surface area contributed by atoms with Gasteiger partial charge in [0.2, 0.25) is 0 Å². The second-order valence-electron chi connectivity index (χ2n) is 4.55. The molecule has 0 spiro atoms. The van der Waals surface area contributed by atoms with E-state index in [4.69, 9.17) is 5.11 Å². The molecule has 0 saturated carbocycles. The van der Waals surface area contributed by atoms with E-state index in [1.807, 2.05) is 0 Å². The van der Waals surface area contributed by atoms with Crippen LogP contribution < -0.4 is 0 Å². The number of nitrogens with zero attached hydrogens (tertiary/aromatic N) is 1. The Morgan fingerprint density at radius 2 is 2.23 bits per heavy atom. The molecule has 0 aromatic rings. The number of aliphatic hydroxyl groups is 1. The van der Waals surface area contributed by atoms with E-state index < -0.39 is 0 Å². The third-order valence-electron chi connectivity index (χ3n) is 2.79. The van der Waals surface area contributed by atoms with E-state index in [-0.39, 0.29) is 0 Å². The van der Waals surface area contributed by atoms with Crippen molar-refractivity contribution in [3.63, 3.8) is 0 Å². The summed E-state index contributed by atoms with van der Waals surface area (Å²) in [6.45, 7) is 7.42. The molecule has 0 amide bonds. The van der Waals surface area contributed by atoms with Crippen molar-refractivity contribution in [2.75, 3.05) is 19.7 Å². The van der Waals surface area contributed by atoms with Gasteiger partial charge >= 0.3 is 0 Å². The van der Waals surface area contributed by atoms with E-state index in [1.165, 1.54) is 32.4 Å². The van der Waals surface area contributed by atoms with E-state index in [0.29, 0.717) is 6.61 Å². The van der Waals surface area contributed by atoms with Gasteiger partial charge in [-0.05, 0) is 38.1 Å². The third kappa shape index (κ3) is 3.65. The lowest BCUT2D eigenvalue weighted by atomic mass is 10.1. The summed E-state index contributed by atoms with van der Waals surface area (Å²) < 4.78 is 0. The largest absolute Gasteiger partial charge is 0.396 e.